The molecule has 0 radical (unpaired) electrons. The number of aryl methyl sites for hydroxylation is 3. The summed E-state index contributed by atoms with van der Waals surface area (Å²) in [6.07, 6.45) is 0. The summed E-state index contributed by atoms with van der Waals surface area (Å²) in [6, 6.07) is 19.6. The Labute approximate surface area is 196 Å². The third kappa shape index (κ3) is 6.14. The largest absolute Gasteiger partial charge is 0.494 e. The molecule has 33 heavy (non-hydrogen) atoms. The Morgan fingerprint density at radius 1 is 0.909 bits per heavy atom. The first-order chi connectivity index (χ1) is 15.7. The third-order valence-electron chi connectivity index (χ3n) is 5.25. The van der Waals surface area contributed by atoms with Crippen molar-refractivity contribution in [3.8, 4) is 5.75 Å². The van der Waals surface area contributed by atoms with Gasteiger partial charge in [0.1, 0.15) is 12.3 Å². The highest BCUT2D eigenvalue weighted by Gasteiger charge is 2.28. The minimum absolute atomic E-state index is 0.147. The molecule has 0 aliphatic rings. The number of ether oxygens (including phenoxy) is 1. The Kier molecular flexibility index (Phi) is 7.76. The Hall–Kier alpha value is -3.32. The predicted molar refractivity (Wildman–Crippen MR) is 131 cm³/mol. The summed E-state index contributed by atoms with van der Waals surface area (Å²) in [5.74, 6) is 0.373. The quantitative estimate of drug-likeness (QED) is 0.503. The van der Waals surface area contributed by atoms with Gasteiger partial charge in [0.2, 0.25) is 5.91 Å². The molecule has 0 aliphatic heterocycles. The summed E-state index contributed by atoms with van der Waals surface area (Å²) >= 11 is 0. The topological polar surface area (TPSA) is 75.7 Å². The summed E-state index contributed by atoms with van der Waals surface area (Å²) in [5, 5.41) is 2.83. The highest BCUT2D eigenvalue weighted by molar-refractivity contribution is 7.92. The van der Waals surface area contributed by atoms with Gasteiger partial charge in [0.25, 0.3) is 10.0 Å². The van der Waals surface area contributed by atoms with Crippen LogP contribution in [0.5, 0.6) is 5.75 Å². The molecule has 0 atom stereocenters. The second-order valence-electron chi connectivity index (χ2n) is 7.97. The van der Waals surface area contributed by atoms with Gasteiger partial charge < -0.3 is 10.1 Å². The van der Waals surface area contributed by atoms with E-state index in [1.807, 2.05) is 64.1 Å². The summed E-state index contributed by atoms with van der Waals surface area (Å²) in [5.41, 5.74) is 4.03. The first-order valence-electron chi connectivity index (χ1n) is 10.9. The number of hydrogen-bond donors (Lipinski definition) is 1. The van der Waals surface area contributed by atoms with Crippen molar-refractivity contribution in [1.29, 1.82) is 0 Å². The van der Waals surface area contributed by atoms with E-state index in [9.17, 15) is 13.2 Å². The van der Waals surface area contributed by atoms with E-state index in [2.05, 4.69) is 5.32 Å². The monoisotopic (exact) mass is 466 g/mol. The van der Waals surface area contributed by atoms with E-state index in [0.29, 0.717) is 12.3 Å². The molecule has 0 fully saturated rings. The fourth-order valence-corrected chi connectivity index (χ4v) is 4.86. The van der Waals surface area contributed by atoms with Gasteiger partial charge in [-0.2, -0.15) is 0 Å². The first kappa shape index (κ1) is 24.3. The standard InChI is InChI=1S/C26H30N2O4S/c1-5-32-23-12-10-22(11-13-23)17-27-26(29)18-28(25-16-20(3)6-9-21(25)4)33(30,31)24-14-7-19(2)8-15-24/h6-16H,5,17-18H2,1-4H3,(H,27,29). The summed E-state index contributed by atoms with van der Waals surface area (Å²) in [7, 11) is -3.94. The number of hydrogen-bond acceptors (Lipinski definition) is 4. The van der Waals surface area contributed by atoms with Crippen molar-refractivity contribution in [3.63, 3.8) is 0 Å². The van der Waals surface area contributed by atoms with Crippen LogP contribution < -0.4 is 14.4 Å². The zero-order valence-corrected chi connectivity index (χ0v) is 20.3. The SMILES string of the molecule is CCOc1ccc(CNC(=O)CN(c2cc(C)ccc2C)S(=O)(=O)c2ccc(C)cc2)cc1. The maximum absolute atomic E-state index is 13.5. The van der Waals surface area contributed by atoms with Crippen LogP contribution in [0.15, 0.2) is 71.6 Å². The van der Waals surface area contributed by atoms with Crippen LogP contribution in [0.3, 0.4) is 0 Å². The van der Waals surface area contributed by atoms with Gasteiger partial charge in [0.05, 0.1) is 17.2 Å². The van der Waals surface area contributed by atoms with E-state index in [1.165, 1.54) is 4.31 Å². The molecule has 3 aromatic carbocycles. The molecule has 0 bridgehead atoms. The molecule has 6 nitrogen and oxygen atoms in total. The minimum Gasteiger partial charge on any atom is -0.494 e. The smallest absolute Gasteiger partial charge is 0.264 e. The summed E-state index contributed by atoms with van der Waals surface area (Å²) in [6.45, 7) is 8.09. The van der Waals surface area contributed by atoms with E-state index in [4.69, 9.17) is 4.74 Å². The predicted octanol–water partition coefficient (Wildman–Crippen LogP) is 4.52. The Bertz CT molecular complexity index is 1200. The van der Waals surface area contributed by atoms with Crippen molar-refractivity contribution >= 4 is 21.6 Å². The van der Waals surface area contributed by atoms with Crippen LogP contribution in [0.2, 0.25) is 0 Å². The average molecular weight is 467 g/mol. The van der Waals surface area contributed by atoms with E-state index in [-0.39, 0.29) is 23.9 Å². The second-order valence-corrected chi connectivity index (χ2v) is 9.83. The molecule has 0 spiro atoms. The van der Waals surface area contributed by atoms with Gasteiger partial charge in [0.15, 0.2) is 0 Å². The number of nitrogens with zero attached hydrogens (tertiary/aromatic N) is 1. The molecule has 3 rings (SSSR count). The van der Waals surface area contributed by atoms with E-state index in [1.54, 1.807) is 30.3 Å². The summed E-state index contributed by atoms with van der Waals surface area (Å²) < 4.78 is 33.7. The van der Waals surface area contributed by atoms with E-state index >= 15 is 0 Å². The van der Waals surface area contributed by atoms with Crippen LogP contribution >= 0.6 is 0 Å². The average Bonchev–Trinajstić information content (AvgIpc) is 2.79. The first-order valence-corrected chi connectivity index (χ1v) is 12.3. The number of nitrogens with one attached hydrogen (secondary N) is 1. The zero-order valence-electron chi connectivity index (χ0n) is 19.5. The lowest BCUT2D eigenvalue weighted by atomic mass is 10.1. The molecule has 174 valence electrons. The molecule has 3 aromatic rings. The van der Waals surface area contributed by atoms with Crippen molar-refractivity contribution in [3.05, 3.63) is 89.0 Å². The lowest BCUT2D eigenvalue weighted by Gasteiger charge is -2.26. The van der Waals surface area contributed by atoms with Crippen LogP contribution in [-0.2, 0) is 21.4 Å². The molecule has 0 saturated heterocycles. The second kappa shape index (κ2) is 10.5. The van der Waals surface area contributed by atoms with Gasteiger partial charge in [-0.05, 0) is 74.7 Å². The Balaban J connectivity index is 1.84. The van der Waals surface area contributed by atoms with Gasteiger partial charge in [-0.3, -0.25) is 9.10 Å². The van der Waals surface area contributed by atoms with Gasteiger partial charge in [0, 0.05) is 6.54 Å². The number of carbonyl (C=O) groups excluding carboxylic acids is 1. The molecule has 0 aliphatic carbocycles. The molecule has 1 amide bonds. The number of anilines is 1. The van der Waals surface area contributed by atoms with Gasteiger partial charge in [-0.25, -0.2) is 8.42 Å². The molecular weight excluding hydrogens is 436 g/mol. The van der Waals surface area contributed by atoms with Crippen LogP contribution in [0, 0.1) is 20.8 Å². The molecule has 1 N–H and O–H groups in total. The fraction of sp³-hybridized carbons (Fsp3) is 0.269. The molecule has 7 heteroatoms. The highest BCUT2D eigenvalue weighted by Crippen LogP contribution is 2.28. The van der Waals surface area contributed by atoms with Crippen molar-refractivity contribution in [2.24, 2.45) is 0 Å². The number of sulfonamides is 1. The van der Waals surface area contributed by atoms with Crippen LogP contribution in [-0.4, -0.2) is 27.5 Å². The van der Waals surface area contributed by atoms with Gasteiger partial charge in [-0.1, -0.05) is 42.0 Å². The third-order valence-corrected chi connectivity index (χ3v) is 7.03. The Morgan fingerprint density at radius 2 is 1.55 bits per heavy atom. The van der Waals surface area contributed by atoms with Gasteiger partial charge >= 0.3 is 0 Å². The van der Waals surface area contributed by atoms with Crippen molar-refractivity contribution in [2.45, 2.75) is 39.1 Å². The lowest BCUT2D eigenvalue weighted by Crippen LogP contribution is -2.41. The number of amides is 1. The maximum atomic E-state index is 13.5. The van der Waals surface area contributed by atoms with Gasteiger partial charge in [-0.15, -0.1) is 0 Å². The highest BCUT2D eigenvalue weighted by atomic mass is 32.2. The fourth-order valence-electron chi connectivity index (χ4n) is 3.38. The Morgan fingerprint density at radius 3 is 2.18 bits per heavy atom. The summed E-state index contributed by atoms with van der Waals surface area (Å²) in [4.78, 5) is 13.0. The van der Waals surface area contributed by atoms with E-state index in [0.717, 1.165) is 28.0 Å². The molecule has 0 heterocycles. The maximum Gasteiger partial charge on any atom is 0.264 e. The lowest BCUT2D eigenvalue weighted by molar-refractivity contribution is -0.119. The van der Waals surface area contributed by atoms with Crippen LogP contribution in [0.25, 0.3) is 0 Å². The van der Waals surface area contributed by atoms with Crippen LogP contribution in [0.4, 0.5) is 5.69 Å². The zero-order chi connectivity index (χ0) is 24.0. The molecular formula is C26H30N2O4S. The number of carbonyl (C=O) groups is 1. The number of rotatable bonds is 9. The number of benzene rings is 3. The van der Waals surface area contributed by atoms with Crippen molar-refractivity contribution < 1.29 is 17.9 Å². The normalized spacial score (nSPS) is 11.2. The van der Waals surface area contributed by atoms with Crippen molar-refractivity contribution in [2.75, 3.05) is 17.5 Å². The molecule has 0 saturated carbocycles. The van der Waals surface area contributed by atoms with E-state index < -0.39 is 10.0 Å². The van der Waals surface area contributed by atoms with Crippen LogP contribution in [0.1, 0.15) is 29.2 Å². The molecule has 0 aromatic heterocycles. The minimum atomic E-state index is -3.94. The van der Waals surface area contributed by atoms with Crippen molar-refractivity contribution in [1.82, 2.24) is 5.32 Å². The molecule has 0 unspecified atom stereocenters.